The first-order valence-electron chi connectivity index (χ1n) is 7.45. The van der Waals surface area contributed by atoms with Crippen LogP contribution >= 0.6 is 15.9 Å². The van der Waals surface area contributed by atoms with Gasteiger partial charge < -0.3 is 15.4 Å². The fraction of sp³-hybridized carbons (Fsp3) is 0.111. The maximum Gasteiger partial charge on any atom is 0.135 e. The quantitative estimate of drug-likeness (QED) is 0.649. The summed E-state index contributed by atoms with van der Waals surface area (Å²) in [6, 6.07) is 17.7. The third kappa shape index (κ3) is 4.02. The van der Waals surface area contributed by atoms with Gasteiger partial charge in [-0.3, -0.25) is 0 Å². The van der Waals surface area contributed by atoms with Crippen molar-refractivity contribution in [1.29, 1.82) is 0 Å². The van der Waals surface area contributed by atoms with Crippen molar-refractivity contribution in [2.45, 2.75) is 6.54 Å². The summed E-state index contributed by atoms with van der Waals surface area (Å²) >= 11 is 3.51. The monoisotopic (exact) mass is 384 g/mol. The third-order valence-corrected chi connectivity index (χ3v) is 4.15. The molecular weight excluding hydrogens is 368 g/mol. The van der Waals surface area contributed by atoms with Crippen LogP contribution in [-0.4, -0.2) is 17.1 Å². The Balaban J connectivity index is 1.70. The van der Waals surface area contributed by atoms with Crippen LogP contribution in [0.3, 0.4) is 0 Å². The Hall–Kier alpha value is -2.60. The smallest absolute Gasteiger partial charge is 0.135 e. The molecule has 24 heavy (non-hydrogen) atoms. The minimum atomic E-state index is 0.621. The zero-order valence-corrected chi connectivity index (χ0v) is 14.7. The number of benzene rings is 2. The molecule has 2 aromatic carbocycles. The molecule has 0 fully saturated rings. The van der Waals surface area contributed by atoms with Crippen LogP contribution in [0.1, 0.15) is 5.56 Å². The Kier molecular flexibility index (Phi) is 5.28. The number of ether oxygens (including phenoxy) is 1. The van der Waals surface area contributed by atoms with Crippen molar-refractivity contribution in [3.63, 3.8) is 0 Å². The van der Waals surface area contributed by atoms with Gasteiger partial charge in [-0.25, -0.2) is 9.97 Å². The van der Waals surface area contributed by atoms with Gasteiger partial charge in [0, 0.05) is 22.6 Å². The lowest BCUT2D eigenvalue weighted by atomic mass is 10.2. The number of methoxy groups -OCH3 is 1. The van der Waals surface area contributed by atoms with Crippen molar-refractivity contribution in [2.24, 2.45) is 0 Å². The highest BCUT2D eigenvalue weighted by molar-refractivity contribution is 9.10. The summed E-state index contributed by atoms with van der Waals surface area (Å²) in [4.78, 5) is 8.52. The van der Waals surface area contributed by atoms with E-state index in [4.69, 9.17) is 4.74 Å². The van der Waals surface area contributed by atoms with Gasteiger partial charge in [-0.05, 0) is 34.1 Å². The van der Waals surface area contributed by atoms with Crippen molar-refractivity contribution < 1.29 is 4.74 Å². The highest BCUT2D eigenvalue weighted by Crippen LogP contribution is 2.25. The van der Waals surface area contributed by atoms with Crippen molar-refractivity contribution >= 4 is 33.3 Å². The Morgan fingerprint density at radius 1 is 1.00 bits per heavy atom. The Morgan fingerprint density at radius 2 is 1.75 bits per heavy atom. The average Bonchev–Trinajstić information content (AvgIpc) is 2.62. The molecule has 0 saturated heterocycles. The van der Waals surface area contributed by atoms with E-state index in [1.807, 2.05) is 54.6 Å². The maximum atomic E-state index is 5.36. The van der Waals surface area contributed by atoms with Crippen LogP contribution in [0, 0.1) is 0 Å². The second kappa shape index (κ2) is 7.79. The van der Waals surface area contributed by atoms with Crippen LogP contribution in [0.5, 0.6) is 5.75 Å². The van der Waals surface area contributed by atoms with Crippen molar-refractivity contribution in [1.82, 2.24) is 9.97 Å². The second-order valence-corrected chi connectivity index (χ2v) is 5.91. The van der Waals surface area contributed by atoms with Gasteiger partial charge in [0.05, 0.1) is 12.8 Å². The van der Waals surface area contributed by atoms with Crippen LogP contribution < -0.4 is 15.4 Å². The number of nitrogens with one attached hydrogen (secondary N) is 2. The summed E-state index contributed by atoms with van der Waals surface area (Å²) in [7, 11) is 1.67. The van der Waals surface area contributed by atoms with E-state index in [2.05, 4.69) is 36.5 Å². The molecule has 122 valence electrons. The topological polar surface area (TPSA) is 59.1 Å². The number of aromatic nitrogens is 2. The number of rotatable bonds is 6. The lowest BCUT2D eigenvalue weighted by molar-refractivity contribution is 0.410. The number of nitrogens with zero attached hydrogens (tertiary/aromatic N) is 2. The summed E-state index contributed by atoms with van der Waals surface area (Å²) in [5.41, 5.74) is 2.02. The summed E-state index contributed by atoms with van der Waals surface area (Å²) in [6.45, 7) is 0.621. The molecule has 3 rings (SSSR count). The van der Waals surface area contributed by atoms with E-state index in [1.54, 1.807) is 7.11 Å². The molecule has 2 N–H and O–H groups in total. The van der Waals surface area contributed by atoms with Crippen LogP contribution in [-0.2, 0) is 6.54 Å². The van der Waals surface area contributed by atoms with Crippen molar-refractivity contribution in [3.05, 3.63) is 71.0 Å². The van der Waals surface area contributed by atoms with E-state index in [9.17, 15) is 0 Å². The van der Waals surface area contributed by atoms with Crippen LogP contribution in [0.25, 0.3) is 0 Å². The van der Waals surface area contributed by atoms with E-state index in [0.29, 0.717) is 6.54 Å². The fourth-order valence-electron chi connectivity index (χ4n) is 2.26. The minimum Gasteiger partial charge on any atom is -0.496 e. The standard InChI is InChI=1S/C18H17BrN4O/c1-24-16-9-5-2-6-13(16)11-20-17-10-18(22-12-21-17)23-15-8-4-3-7-14(15)19/h2-10,12H,11H2,1H3,(H2,20,21,22,23). The molecule has 0 radical (unpaired) electrons. The van der Waals surface area contributed by atoms with Gasteiger partial charge in [-0.1, -0.05) is 30.3 Å². The highest BCUT2D eigenvalue weighted by atomic mass is 79.9. The first-order chi connectivity index (χ1) is 11.8. The van der Waals surface area contributed by atoms with E-state index < -0.39 is 0 Å². The van der Waals surface area contributed by atoms with Gasteiger partial charge >= 0.3 is 0 Å². The molecule has 0 spiro atoms. The molecule has 5 nitrogen and oxygen atoms in total. The number of para-hydroxylation sites is 2. The number of anilines is 3. The second-order valence-electron chi connectivity index (χ2n) is 5.06. The number of hydrogen-bond donors (Lipinski definition) is 2. The average molecular weight is 385 g/mol. The number of halogens is 1. The van der Waals surface area contributed by atoms with Gasteiger partial charge in [0.25, 0.3) is 0 Å². The van der Waals surface area contributed by atoms with Crippen LogP contribution in [0.4, 0.5) is 17.3 Å². The zero-order chi connectivity index (χ0) is 16.8. The SMILES string of the molecule is COc1ccccc1CNc1cc(Nc2ccccc2Br)ncn1. The van der Waals surface area contributed by atoms with Gasteiger partial charge in [0.15, 0.2) is 0 Å². The van der Waals surface area contributed by atoms with Gasteiger partial charge in [-0.15, -0.1) is 0 Å². The lowest BCUT2D eigenvalue weighted by Gasteiger charge is -2.11. The molecule has 1 heterocycles. The van der Waals surface area contributed by atoms with Gasteiger partial charge in [0.1, 0.15) is 23.7 Å². The summed E-state index contributed by atoms with van der Waals surface area (Å²) in [6.07, 6.45) is 1.53. The summed E-state index contributed by atoms with van der Waals surface area (Å²) in [5, 5.41) is 6.56. The van der Waals surface area contributed by atoms with E-state index >= 15 is 0 Å². The first-order valence-corrected chi connectivity index (χ1v) is 8.25. The molecule has 6 heteroatoms. The molecular formula is C18H17BrN4O. The largest absolute Gasteiger partial charge is 0.496 e. The Labute approximate surface area is 149 Å². The van der Waals surface area contributed by atoms with Gasteiger partial charge in [0.2, 0.25) is 0 Å². The minimum absolute atomic E-state index is 0.621. The fourth-order valence-corrected chi connectivity index (χ4v) is 2.64. The van der Waals surface area contributed by atoms with Gasteiger partial charge in [-0.2, -0.15) is 0 Å². The van der Waals surface area contributed by atoms with E-state index in [1.165, 1.54) is 6.33 Å². The summed E-state index contributed by atoms with van der Waals surface area (Å²) < 4.78 is 6.34. The summed E-state index contributed by atoms with van der Waals surface area (Å²) in [5.74, 6) is 2.32. The highest BCUT2D eigenvalue weighted by Gasteiger charge is 2.04. The predicted molar refractivity (Wildman–Crippen MR) is 99.8 cm³/mol. The Bertz CT molecular complexity index is 825. The Morgan fingerprint density at radius 3 is 2.58 bits per heavy atom. The maximum absolute atomic E-state index is 5.36. The lowest BCUT2D eigenvalue weighted by Crippen LogP contribution is -2.04. The molecule has 1 aromatic heterocycles. The number of hydrogen-bond acceptors (Lipinski definition) is 5. The molecule has 0 atom stereocenters. The van der Waals surface area contributed by atoms with Crippen molar-refractivity contribution in [2.75, 3.05) is 17.7 Å². The van der Waals surface area contributed by atoms with E-state index in [-0.39, 0.29) is 0 Å². The molecule has 0 aliphatic heterocycles. The molecule has 0 saturated carbocycles. The normalized spacial score (nSPS) is 10.2. The van der Waals surface area contributed by atoms with E-state index in [0.717, 1.165) is 33.1 Å². The molecule has 0 aliphatic carbocycles. The zero-order valence-electron chi connectivity index (χ0n) is 13.2. The molecule has 0 bridgehead atoms. The molecule has 0 unspecified atom stereocenters. The predicted octanol–water partition coefficient (Wildman–Crippen LogP) is 4.60. The molecule has 0 aliphatic rings. The molecule has 3 aromatic rings. The van der Waals surface area contributed by atoms with Crippen LogP contribution in [0.2, 0.25) is 0 Å². The van der Waals surface area contributed by atoms with Crippen LogP contribution in [0.15, 0.2) is 65.4 Å². The molecule has 0 amide bonds. The van der Waals surface area contributed by atoms with Crippen molar-refractivity contribution in [3.8, 4) is 5.75 Å². The first kappa shape index (κ1) is 16.3. The third-order valence-electron chi connectivity index (χ3n) is 3.46.